The van der Waals surface area contributed by atoms with E-state index in [4.69, 9.17) is 11.6 Å². The van der Waals surface area contributed by atoms with Gasteiger partial charge in [-0.25, -0.2) is 0 Å². The minimum atomic E-state index is -0.200. The minimum Gasteiger partial charge on any atom is -0.322 e. The van der Waals surface area contributed by atoms with Crippen LogP contribution in [-0.4, -0.2) is 18.9 Å². The zero-order valence-electron chi connectivity index (χ0n) is 12.1. The molecule has 0 aliphatic rings. The van der Waals surface area contributed by atoms with Crippen LogP contribution in [0, 0.1) is 3.57 Å². The zero-order chi connectivity index (χ0) is 16.3. The van der Waals surface area contributed by atoms with Gasteiger partial charge in [0.2, 0.25) is 5.91 Å². The summed E-state index contributed by atoms with van der Waals surface area (Å²) >= 11 is 7.96. The average Bonchev–Trinajstić information content (AvgIpc) is 2.47. The lowest BCUT2D eigenvalue weighted by atomic mass is 10.2. The predicted molar refractivity (Wildman–Crippen MR) is 97.6 cm³/mol. The van der Waals surface area contributed by atoms with Gasteiger partial charge in [-0.2, -0.15) is 0 Å². The fourth-order valence-corrected chi connectivity index (χ4v) is 2.94. The van der Waals surface area contributed by atoms with Crippen LogP contribution in [-0.2, 0) is 4.79 Å². The molecule has 4 nitrogen and oxygen atoms in total. The normalized spacial score (nSPS) is 10.2. The molecular weight excluding hydrogens is 415 g/mol. The van der Waals surface area contributed by atoms with Crippen LogP contribution in [0.4, 0.5) is 11.4 Å². The summed E-state index contributed by atoms with van der Waals surface area (Å²) in [5.74, 6) is -0.249. The first-order valence-corrected chi connectivity index (χ1v) is 7.95. The predicted octanol–water partition coefficient (Wildman–Crippen LogP) is 4.18. The highest BCUT2D eigenvalue weighted by atomic mass is 127. The Hall–Kier alpha value is -1.60. The van der Waals surface area contributed by atoms with Crippen molar-refractivity contribution in [1.82, 2.24) is 0 Å². The number of nitrogens with one attached hydrogen (secondary N) is 1. The molecule has 0 saturated heterocycles. The summed E-state index contributed by atoms with van der Waals surface area (Å²) in [6.45, 7) is 1.50. The first kappa shape index (κ1) is 16.8. The third-order valence-corrected chi connectivity index (χ3v) is 4.29. The third-order valence-electron chi connectivity index (χ3n) is 3.16. The molecule has 2 amide bonds. The van der Waals surface area contributed by atoms with Gasteiger partial charge in [0, 0.05) is 33.9 Å². The summed E-state index contributed by atoms with van der Waals surface area (Å²) in [5, 5.41) is 3.42. The van der Waals surface area contributed by atoms with E-state index in [9.17, 15) is 9.59 Å². The van der Waals surface area contributed by atoms with Crippen molar-refractivity contribution in [3.05, 3.63) is 56.6 Å². The molecule has 22 heavy (non-hydrogen) atoms. The summed E-state index contributed by atoms with van der Waals surface area (Å²) in [6.07, 6.45) is 0. The number of hydrogen-bond donors (Lipinski definition) is 1. The molecule has 0 fully saturated rings. The smallest absolute Gasteiger partial charge is 0.256 e. The van der Waals surface area contributed by atoms with Crippen molar-refractivity contribution in [2.24, 2.45) is 0 Å². The molecule has 0 radical (unpaired) electrons. The van der Waals surface area contributed by atoms with Crippen LogP contribution in [0.25, 0.3) is 0 Å². The van der Waals surface area contributed by atoms with E-state index in [2.05, 4.69) is 27.9 Å². The Labute approximate surface area is 147 Å². The van der Waals surface area contributed by atoms with Gasteiger partial charge in [-0.3, -0.25) is 9.59 Å². The molecule has 2 aromatic rings. The molecular formula is C16H14ClIN2O2. The van der Waals surface area contributed by atoms with Crippen molar-refractivity contribution in [1.29, 1.82) is 0 Å². The van der Waals surface area contributed by atoms with Crippen LogP contribution in [0.5, 0.6) is 0 Å². The van der Waals surface area contributed by atoms with E-state index in [0.717, 1.165) is 9.26 Å². The van der Waals surface area contributed by atoms with Crippen molar-refractivity contribution in [3.8, 4) is 0 Å². The minimum absolute atomic E-state index is 0.0486. The molecule has 0 heterocycles. The maximum atomic E-state index is 12.2. The fourth-order valence-electron chi connectivity index (χ4n) is 1.82. The van der Waals surface area contributed by atoms with Gasteiger partial charge in [0.1, 0.15) is 0 Å². The number of carbonyl (C=O) groups is 2. The van der Waals surface area contributed by atoms with E-state index >= 15 is 0 Å². The fraction of sp³-hybridized carbons (Fsp3) is 0.125. The summed E-state index contributed by atoms with van der Waals surface area (Å²) in [7, 11) is 1.70. The van der Waals surface area contributed by atoms with Crippen molar-refractivity contribution < 1.29 is 9.59 Å². The highest BCUT2D eigenvalue weighted by molar-refractivity contribution is 14.1. The highest BCUT2D eigenvalue weighted by Gasteiger charge is 2.11. The highest BCUT2D eigenvalue weighted by Crippen LogP contribution is 2.21. The molecule has 2 rings (SSSR count). The van der Waals surface area contributed by atoms with Gasteiger partial charge in [0.25, 0.3) is 5.91 Å². The molecule has 2 aromatic carbocycles. The van der Waals surface area contributed by atoms with E-state index in [1.807, 2.05) is 0 Å². The number of carbonyl (C=O) groups excluding carboxylic acids is 2. The molecule has 0 saturated carbocycles. The zero-order valence-corrected chi connectivity index (χ0v) is 15.0. The Morgan fingerprint density at radius 3 is 2.32 bits per heavy atom. The molecule has 0 aliphatic heterocycles. The Balaban J connectivity index is 2.13. The molecule has 6 heteroatoms. The van der Waals surface area contributed by atoms with Crippen LogP contribution < -0.4 is 10.2 Å². The van der Waals surface area contributed by atoms with E-state index in [0.29, 0.717) is 16.3 Å². The Bertz CT molecular complexity index is 717. The topological polar surface area (TPSA) is 49.4 Å². The second-order valence-corrected chi connectivity index (χ2v) is 6.30. The monoisotopic (exact) mass is 428 g/mol. The summed E-state index contributed by atoms with van der Waals surface area (Å²) in [5.41, 5.74) is 2.00. The summed E-state index contributed by atoms with van der Waals surface area (Å²) in [4.78, 5) is 25.1. The van der Waals surface area contributed by atoms with E-state index in [-0.39, 0.29) is 11.8 Å². The first-order valence-electron chi connectivity index (χ1n) is 6.49. The molecule has 0 unspecified atom stereocenters. The number of amides is 2. The average molecular weight is 429 g/mol. The number of anilines is 2. The lowest BCUT2D eigenvalue weighted by Gasteiger charge is -2.15. The summed E-state index contributed by atoms with van der Waals surface area (Å²) in [6, 6.07) is 12.2. The second-order valence-electron chi connectivity index (χ2n) is 4.70. The maximum absolute atomic E-state index is 12.2. The standard InChI is InChI=1S/C16H14ClIN2O2/c1-10(21)20(2)13-6-4-12(5-7-13)19-16(22)14-8-3-11(17)9-15(14)18/h3-9H,1-2H3,(H,19,22). The van der Waals surface area contributed by atoms with Crippen LogP contribution in [0.1, 0.15) is 17.3 Å². The van der Waals surface area contributed by atoms with Crippen LogP contribution in [0.2, 0.25) is 5.02 Å². The second kappa shape index (κ2) is 7.11. The van der Waals surface area contributed by atoms with Gasteiger partial charge in [-0.15, -0.1) is 0 Å². The van der Waals surface area contributed by atoms with Gasteiger partial charge >= 0.3 is 0 Å². The van der Waals surface area contributed by atoms with Crippen LogP contribution >= 0.6 is 34.2 Å². The van der Waals surface area contributed by atoms with Crippen molar-refractivity contribution in [2.45, 2.75) is 6.92 Å². The lowest BCUT2D eigenvalue weighted by Crippen LogP contribution is -2.22. The number of nitrogens with zero attached hydrogens (tertiary/aromatic N) is 1. The largest absolute Gasteiger partial charge is 0.322 e. The Morgan fingerprint density at radius 1 is 1.14 bits per heavy atom. The van der Waals surface area contributed by atoms with E-state index < -0.39 is 0 Å². The molecule has 0 atom stereocenters. The number of rotatable bonds is 3. The maximum Gasteiger partial charge on any atom is 0.256 e. The number of hydrogen-bond acceptors (Lipinski definition) is 2. The SMILES string of the molecule is CC(=O)N(C)c1ccc(NC(=O)c2ccc(Cl)cc2I)cc1. The molecule has 0 bridgehead atoms. The van der Waals surface area contributed by atoms with Crippen molar-refractivity contribution >= 4 is 57.4 Å². The Morgan fingerprint density at radius 2 is 1.77 bits per heavy atom. The number of halogens is 2. The lowest BCUT2D eigenvalue weighted by molar-refractivity contribution is -0.116. The first-order chi connectivity index (χ1) is 10.4. The van der Waals surface area contributed by atoms with Crippen molar-refractivity contribution in [3.63, 3.8) is 0 Å². The van der Waals surface area contributed by atoms with Crippen LogP contribution in [0.15, 0.2) is 42.5 Å². The van der Waals surface area contributed by atoms with Gasteiger partial charge in [-0.05, 0) is 65.1 Å². The van der Waals surface area contributed by atoms with Crippen molar-refractivity contribution in [2.75, 3.05) is 17.3 Å². The quantitative estimate of drug-likeness (QED) is 0.746. The van der Waals surface area contributed by atoms with E-state index in [1.165, 1.54) is 11.8 Å². The molecule has 114 valence electrons. The molecule has 1 N–H and O–H groups in total. The molecule has 0 spiro atoms. The van der Waals surface area contributed by atoms with Crippen LogP contribution in [0.3, 0.4) is 0 Å². The van der Waals surface area contributed by atoms with Gasteiger partial charge < -0.3 is 10.2 Å². The summed E-state index contributed by atoms with van der Waals surface area (Å²) < 4.78 is 0.788. The third kappa shape index (κ3) is 3.98. The molecule has 0 aliphatic carbocycles. The number of benzene rings is 2. The molecule has 0 aromatic heterocycles. The van der Waals surface area contributed by atoms with Gasteiger partial charge in [-0.1, -0.05) is 11.6 Å². The van der Waals surface area contributed by atoms with E-state index in [1.54, 1.807) is 49.5 Å². The van der Waals surface area contributed by atoms with Gasteiger partial charge in [0.05, 0.1) is 5.56 Å². The Kier molecular flexibility index (Phi) is 5.42. The van der Waals surface area contributed by atoms with Gasteiger partial charge in [0.15, 0.2) is 0 Å².